The van der Waals surface area contributed by atoms with Crippen LogP contribution in [-0.2, 0) is 0 Å². The SMILES string of the molecule is CCOc1ccc(-c2[c]cc(-c3ccc(F)cc3)c(F)c2-c2ccc(OCC)cc2)cc1. The summed E-state index contributed by atoms with van der Waals surface area (Å²) in [5.74, 6) is 0.722. The van der Waals surface area contributed by atoms with Crippen LogP contribution in [0.2, 0.25) is 0 Å². The lowest BCUT2D eigenvalue weighted by atomic mass is 9.90. The molecule has 0 fully saturated rings. The highest BCUT2D eigenvalue weighted by atomic mass is 19.1. The molecule has 32 heavy (non-hydrogen) atoms. The molecule has 1 radical (unpaired) electrons. The van der Waals surface area contributed by atoms with Crippen LogP contribution in [0.3, 0.4) is 0 Å². The maximum absolute atomic E-state index is 16.0. The van der Waals surface area contributed by atoms with Crippen molar-refractivity contribution in [3.05, 3.63) is 96.6 Å². The standard InChI is InChI=1S/C28H23F2O2/c1-3-31-23-13-7-19(8-14-23)25-17-18-26(20-5-11-22(29)12-6-20)28(30)27(25)21-9-15-24(16-10-21)32-4-2/h5-16,18H,3-4H2,1-2H3. The lowest BCUT2D eigenvalue weighted by Gasteiger charge is -2.16. The maximum atomic E-state index is 16.0. The van der Waals surface area contributed by atoms with Crippen LogP contribution in [0, 0.1) is 17.7 Å². The van der Waals surface area contributed by atoms with Gasteiger partial charge in [0, 0.05) is 16.7 Å². The Hall–Kier alpha value is -3.66. The van der Waals surface area contributed by atoms with Crippen molar-refractivity contribution in [3.8, 4) is 44.9 Å². The van der Waals surface area contributed by atoms with E-state index >= 15 is 4.39 Å². The molecule has 0 saturated carbocycles. The first kappa shape index (κ1) is 21.6. The fraction of sp³-hybridized carbons (Fsp3) is 0.143. The van der Waals surface area contributed by atoms with E-state index in [0.717, 1.165) is 17.1 Å². The molecule has 0 aliphatic heterocycles. The van der Waals surface area contributed by atoms with Crippen molar-refractivity contribution in [2.75, 3.05) is 13.2 Å². The van der Waals surface area contributed by atoms with Crippen molar-refractivity contribution in [1.82, 2.24) is 0 Å². The molecular weight excluding hydrogens is 406 g/mol. The predicted octanol–water partition coefficient (Wildman–Crippen LogP) is 7.56. The van der Waals surface area contributed by atoms with E-state index in [2.05, 4.69) is 6.07 Å². The summed E-state index contributed by atoms with van der Waals surface area (Å²) in [6.07, 6.45) is 0. The van der Waals surface area contributed by atoms with Crippen molar-refractivity contribution >= 4 is 0 Å². The molecule has 0 atom stereocenters. The van der Waals surface area contributed by atoms with Crippen LogP contribution < -0.4 is 9.47 Å². The lowest BCUT2D eigenvalue weighted by Crippen LogP contribution is -1.96. The van der Waals surface area contributed by atoms with Gasteiger partial charge in [0.15, 0.2) is 0 Å². The zero-order valence-electron chi connectivity index (χ0n) is 18.0. The van der Waals surface area contributed by atoms with Gasteiger partial charge in [0.1, 0.15) is 23.1 Å². The van der Waals surface area contributed by atoms with Crippen LogP contribution >= 0.6 is 0 Å². The molecule has 0 saturated heterocycles. The summed E-state index contributed by atoms with van der Waals surface area (Å²) in [6.45, 7) is 4.97. The second-order valence-electron chi connectivity index (χ2n) is 7.19. The van der Waals surface area contributed by atoms with Crippen molar-refractivity contribution in [2.24, 2.45) is 0 Å². The monoisotopic (exact) mass is 429 g/mol. The van der Waals surface area contributed by atoms with E-state index in [1.54, 1.807) is 18.2 Å². The smallest absolute Gasteiger partial charge is 0.139 e. The Morgan fingerprint density at radius 2 is 1.16 bits per heavy atom. The predicted molar refractivity (Wildman–Crippen MR) is 124 cm³/mol. The number of ether oxygens (including phenoxy) is 2. The van der Waals surface area contributed by atoms with Gasteiger partial charge in [-0.25, -0.2) is 8.78 Å². The molecule has 0 aliphatic rings. The summed E-state index contributed by atoms with van der Waals surface area (Å²) in [4.78, 5) is 0. The summed E-state index contributed by atoms with van der Waals surface area (Å²) in [6, 6.07) is 25.5. The molecule has 4 aromatic rings. The van der Waals surface area contributed by atoms with Crippen molar-refractivity contribution in [1.29, 1.82) is 0 Å². The molecule has 4 rings (SSSR count). The van der Waals surface area contributed by atoms with Crippen molar-refractivity contribution < 1.29 is 18.3 Å². The molecule has 161 valence electrons. The molecule has 0 spiro atoms. The summed E-state index contributed by atoms with van der Waals surface area (Å²) in [7, 11) is 0. The summed E-state index contributed by atoms with van der Waals surface area (Å²) in [5, 5.41) is 0. The van der Waals surface area contributed by atoms with Gasteiger partial charge >= 0.3 is 0 Å². The Morgan fingerprint density at radius 3 is 1.69 bits per heavy atom. The molecular formula is C28H23F2O2. The molecule has 0 amide bonds. The minimum absolute atomic E-state index is 0.364. The third kappa shape index (κ3) is 4.50. The summed E-state index contributed by atoms with van der Waals surface area (Å²) < 4.78 is 40.4. The molecule has 4 aromatic carbocycles. The number of rotatable bonds is 7. The normalized spacial score (nSPS) is 10.8. The van der Waals surface area contributed by atoms with Crippen LogP contribution in [-0.4, -0.2) is 13.2 Å². The Labute approximate surface area is 187 Å². The number of hydrogen-bond donors (Lipinski definition) is 0. The van der Waals surface area contributed by atoms with Crippen molar-refractivity contribution in [2.45, 2.75) is 13.8 Å². The van der Waals surface area contributed by atoms with Gasteiger partial charge in [-0.3, -0.25) is 0 Å². The van der Waals surface area contributed by atoms with Crippen LogP contribution in [0.15, 0.2) is 78.9 Å². The van der Waals surface area contributed by atoms with Gasteiger partial charge in [-0.2, -0.15) is 0 Å². The molecule has 0 bridgehead atoms. The van der Waals surface area contributed by atoms with Crippen LogP contribution in [0.4, 0.5) is 8.78 Å². The zero-order valence-corrected chi connectivity index (χ0v) is 18.0. The average molecular weight is 429 g/mol. The first-order valence-corrected chi connectivity index (χ1v) is 10.6. The van der Waals surface area contributed by atoms with E-state index in [4.69, 9.17) is 9.47 Å². The second-order valence-corrected chi connectivity index (χ2v) is 7.19. The number of benzene rings is 4. The Balaban J connectivity index is 1.87. The number of halogens is 2. The Kier molecular flexibility index (Phi) is 6.50. The van der Waals surface area contributed by atoms with Crippen LogP contribution in [0.25, 0.3) is 33.4 Å². The molecule has 0 unspecified atom stereocenters. The Morgan fingerprint density at radius 1 is 0.656 bits per heavy atom. The van der Waals surface area contributed by atoms with E-state index in [-0.39, 0.29) is 11.6 Å². The van der Waals surface area contributed by atoms with Gasteiger partial charge in [0.2, 0.25) is 0 Å². The maximum Gasteiger partial charge on any atom is 0.139 e. The average Bonchev–Trinajstić information content (AvgIpc) is 2.81. The minimum Gasteiger partial charge on any atom is -0.494 e. The molecule has 0 heterocycles. The van der Waals surface area contributed by atoms with E-state index in [0.29, 0.717) is 41.0 Å². The van der Waals surface area contributed by atoms with Gasteiger partial charge < -0.3 is 9.47 Å². The van der Waals surface area contributed by atoms with Gasteiger partial charge in [-0.1, -0.05) is 36.4 Å². The fourth-order valence-corrected chi connectivity index (χ4v) is 3.63. The molecule has 0 aliphatic carbocycles. The molecule has 2 nitrogen and oxygen atoms in total. The van der Waals surface area contributed by atoms with Gasteiger partial charge in [0.25, 0.3) is 0 Å². The third-order valence-corrected chi connectivity index (χ3v) is 5.13. The fourth-order valence-electron chi connectivity index (χ4n) is 3.63. The zero-order chi connectivity index (χ0) is 22.5. The first-order valence-electron chi connectivity index (χ1n) is 10.6. The highest BCUT2D eigenvalue weighted by Crippen LogP contribution is 2.39. The van der Waals surface area contributed by atoms with E-state index in [1.807, 2.05) is 62.4 Å². The van der Waals surface area contributed by atoms with Gasteiger partial charge in [0.05, 0.1) is 13.2 Å². The first-order chi connectivity index (χ1) is 15.6. The van der Waals surface area contributed by atoms with E-state index < -0.39 is 0 Å². The topological polar surface area (TPSA) is 18.5 Å². The summed E-state index contributed by atoms with van der Waals surface area (Å²) >= 11 is 0. The van der Waals surface area contributed by atoms with Crippen molar-refractivity contribution in [3.63, 3.8) is 0 Å². The largest absolute Gasteiger partial charge is 0.494 e. The quantitative estimate of drug-likeness (QED) is 0.302. The minimum atomic E-state index is -0.386. The highest BCUT2D eigenvalue weighted by Gasteiger charge is 2.18. The van der Waals surface area contributed by atoms with Gasteiger partial charge in [-0.15, -0.1) is 0 Å². The Bertz CT molecular complexity index is 1180. The lowest BCUT2D eigenvalue weighted by molar-refractivity contribution is 0.340. The van der Waals surface area contributed by atoms with Gasteiger partial charge in [-0.05, 0) is 79.1 Å². The molecule has 0 aromatic heterocycles. The van der Waals surface area contributed by atoms with Crippen LogP contribution in [0.5, 0.6) is 11.5 Å². The molecule has 0 N–H and O–H groups in total. The second kappa shape index (κ2) is 9.65. The van der Waals surface area contributed by atoms with E-state index in [1.165, 1.54) is 12.1 Å². The third-order valence-electron chi connectivity index (χ3n) is 5.13. The number of hydrogen-bond acceptors (Lipinski definition) is 2. The highest BCUT2D eigenvalue weighted by molar-refractivity contribution is 5.87. The van der Waals surface area contributed by atoms with E-state index in [9.17, 15) is 4.39 Å². The van der Waals surface area contributed by atoms with Crippen LogP contribution in [0.1, 0.15) is 13.8 Å². The summed E-state index contributed by atoms with van der Waals surface area (Å²) in [5.41, 5.74) is 3.55. The molecule has 4 heteroatoms.